The zero-order chi connectivity index (χ0) is 18.7. The van der Waals surface area contributed by atoms with Gasteiger partial charge in [-0.1, -0.05) is 13.8 Å². The summed E-state index contributed by atoms with van der Waals surface area (Å²) in [5.41, 5.74) is 1.08. The lowest BCUT2D eigenvalue weighted by molar-refractivity contribution is 0.0392. The molecular formula is C19H34N2O4. The predicted octanol–water partition coefficient (Wildman–Crippen LogP) is 2.90. The van der Waals surface area contributed by atoms with Gasteiger partial charge >= 0.3 is 0 Å². The van der Waals surface area contributed by atoms with Crippen molar-refractivity contribution < 1.29 is 18.9 Å². The van der Waals surface area contributed by atoms with Crippen LogP contribution in [-0.4, -0.2) is 72.2 Å². The lowest BCUT2D eigenvalue weighted by Crippen LogP contribution is -2.41. The first-order valence-corrected chi connectivity index (χ1v) is 9.08. The van der Waals surface area contributed by atoms with Gasteiger partial charge in [-0.15, -0.1) is 0 Å². The monoisotopic (exact) mass is 354 g/mol. The van der Waals surface area contributed by atoms with Crippen LogP contribution in [0.1, 0.15) is 20.8 Å². The molecule has 0 radical (unpaired) electrons. The summed E-state index contributed by atoms with van der Waals surface area (Å²) >= 11 is 0. The van der Waals surface area contributed by atoms with E-state index in [2.05, 4.69) is 16.7 Å². The molecule has 1 saturated heterocycles. The molecule has 1 aromatic rings. The van der Waals surface area contributed by atoms with Crippen molar-refractivity contribution in [3.05, 3.63) is 12.1 Å². The lowest BCUT2D eigenvalue weighted by Gasteiger charge is -2.31. The number of ether oxygens (including phenoxy) is 4. The zero-order valence-electron chi connectivity index (χ0n) is 16.6. The van der Waals surface area contributed by atoms with Crippen molar-refractivity contribution in [3.63, 3.8) is 0 Å². The van der Waals surface area contributed by atoms with Crippen molar-refractivity contribution in [2.75, 3.05) is 72.2 Å². The number of morpholine rings is 1. The number of nitrogens with zero attached hydrogens (tertiary/aromatic N) is 2. The number of benzene rings is 1. The molecule has 0 aliphatic carbocycles. The van der Waals surface area contributed by atoms with Gasteiger partial charge in [0.1, 0.15) is 0 Å². The van der Waals surface area contributed by atoms with Gasteiger partial charge in [0, 0.05) is 50.5 Å². The van der Waals surface area contributed by atoms with E-state index in [0.717, 1.165) is 51.6 Å². The van der Waals surface area contributed by atoms with Crippen LogP contribution >= 0.6 is 0 Å². The third-order valence-corrected chi connectivity index (χ3v) is 4.19. The first-order chi connectivity index (χ1) is 12.2. The molecule has 0 saturated carbocycles. The Bertz CT molecular complexity index is 465. The molecule has 0 spiro atoms. The van der Waals surface area contributed by atoms with E-state index in [4.69, 9.17) is 18.9 Å². The van der Waals surface area contributed by atoms with Crippen LogP contribution in [0.2, 0.25) is 0 Å². The Labute approximate surface area is 152 Å². The number of rotatable bonds is 8. The summed E-state index contributed by atoms with van der Waals surface area (Å²) in [6.07, 6.45) is 0. The van der Waals surface area contributed by atoms with E-state index in [9.17, 15) is 0 Å². The van der Waals surface area contributed by atoms with Gasteiger partial charge in [0.2, 0.25) is 5.75 Å². The molecular weight excluding hydrogens is 320 g/mol. The average Bonchev–Trinajstić information content (AvgIpc) is 2.69. The van der Waals surface area contributed by atoms with E-state index < -0.39 is 0 Å². The van der Waals surface area contributed by atoms with Gasteiger partial charge in [0.25, 0.3) is 0 Å². The van der Waals surface area contributed by atoms with Gasteiger partial charge in [-0.05, 0) is 6.92 Å². The first-order valence-electron chi connectivity index (χ1n) is 9.08. The summed E-state index contributed by atoms with van der Waals surface area (Å²) in [6, 6.07) is 4.01. The molecule has 1 aliphatic rings. The Morgan fingerprint density at radius 3 is 2.00 bits per heavy atom. The molecule has 0 atom stereocenters. The Balaban J connectivity index is 0.00000151. The van der Waals surface area contributed by atoms with Crippen LogP contribution in [0.25, 0.3) is 0 Å². The molecule has 0 amide bonds. The first kappa shape index (κ1) is 21.4. The van der Waals surface area contributed by atoms with E-state index >= 15 is 0 Å². The van der Waals surface area contributed by atoms with Gasteiger partial charge in [-0.2, -0.15) is 0 Å². The second-order valence-electron chi connectivity index (χ2n) is 5.42. The fraction of sp³-hybridized carbons (Fsp3) is 0.684. The van der Waals surface area contributed by atoms with Crippen molar-refractivity contribution in [2.24, 2.45) is 0 Å². The van der Waals surface area contributed by atoms with Crippen molar-refractivity contribution in [1.82, 2.24) is 4.90 Å². The quantitative estimate of drug-likeness (QED) is 0.715. The Morgan fingerprint density at radius 2 is 1.56 bits per heavy atom. The molecule has 0 unspecified atom stereocenters. The minimum Gasteiger partial charge on any atom is -0.493 e. The van der Waals surface area contributed by atoms with Crippen molar-refractivity contribution in [2.45, 2.75) is 20.8 Å². The molecule has 144 valence electrons. The topological polar surface area (TPSA) is 43.4 Å². The average molecular weight is 354 g/mol. The molecule has 2 rings (SSSR count). The maximum atomic E-state index is 5.45. The Hall–Kier alpha value is -1.66. The molecule has 1 fully saturated rings. The molecule has 6 nitrogen and oxygen atoms in total. The highest BCUT2D eigenvalue weighted by atomic mass is 16.5. The van der Waals surface area contributed by atoms with Crippen molar-refractivity contribution in [1.29, 1.82) is 0 Å². The highest BCUT2D eigenvalue weighted by Gasteiger charge is 2.17. The van der Waals surface area contributed by atoms with Crippen LogP contribution in [-0.2, 0) is 4.74 Å². The second-order valence-corrected chi connectivity index (χ2v) is 5.42. The molecule has 6 heteroatoms. The predicted molar refractivity (Wildman–Crippen MR) is 103 cm³/mol. The van der Waals surface area contributed by atoms with Crippen LogP contribution in [0.3, 0.4) is 0 Å². The summed E-state index contributed by atoms with van der Waals surface area (Å²) in [7, 11) is 4.91. The maximum absolute atomic E-state index is 5.45. The second kappa shape index (κ2) is 11.8. The van der Waals surface area contributed by atoms with Crippen LogP contribution in [0.5, 0.6) is 17.2 Å². The van der Waals surface area contributed by atoms with E-state index in [1.807, 2.05) is 26.0 Å². The molecule has 1 aliphatic heterocycles. The minimum absolute atomic E-state index is 0.628. The molecule has 25 heavy (non-hydrogen) atoms. The minimum atomic E-state index is 0.628. The largest absolute Gasteiger partial charge is 0.493 e. The third-order valence-electron chi connectivity index (χ3n) is 4.19. The van der Waals surface area contributed by atoms with Gasteiger partial charge in [-0.25, -0.2) is 0 Å². The van der Waals surface area contributed by atoms with Crippen LogP contribution in [0, 0.1) is 0 Å². The van der Waals surface area contributed by atoms with Crippen molar-refractivity contribution in [3.8, 4) is 17.2 Å². The zero-order valence-corrected chi connectivity index (χ0v) is 16.6. The van der Waals surface area contributed by atoms with Crippen LogP contribution < -0.4 is 19.1 Å². The summed E-state index contributed by atoms with van der Waals surface area (Å²) in [5, 5.41) is 0. The summed E-state index contributed by atoms with van der Waals surface area (Å²) < 4.78 is 21.7. The standard InChI is InChI=1S/C17H28N2O4.C2H6/c1-5-19(7-6-18-8-10-23-11-9-18)14-12-15(20-2)17(22-4)16(13-14)21-3;1-2/h12-13H,5-11H2,1-4H3;1-2H3. The third kappa shape index (κ3) is 5.97. The van der Waals surface area contributed by atoms with Crippen molar-refractivity contribution >= 4 is 5.69 Å². The van der Waals surface area contributed by atoms with E-state index in [-0.39, 0.29) is 0 Å². The fourth-order valence-electron chi connectivity index (χ4n) is 2.81. The maximum Gasteiger partial charge on any atom is 0.203 e. The number of hydrogen-bond donors (Lipinski definition) is 0. The highest BCUT2D eigenvalue weighted by molar-refractivity contribution is 5.63. The van der Waals surface area contributed by atoms with E-state index in [0.29, 0.717) is 17.2 Å². The van der Waals surface area contributed by atoms with E-state index in [1.54, 1.807) is 21.3 Å². The molecule has 0 bridgehead atoms. The van der Waals surface area contributed by atoms with Crippen LogP contribution in [0.4, 0.5) is 5.69 Å². The normalized spacial score (nSPS) is 14.3. The summed E-state index contributed by atoms with van der Waals surface area (Å²) in [6.45, 7) is 12.7. The SMILES string of the molecule is CC.CCN(CCN1CCOCC1)c1cc(OC)c(OC)c(OC)c1. The molecule has 1 heterocycles. The number of hydrogen-bond acceptors (Lipinski definition) is 6. The molecule has 0 N–H and O–H groups in total. The van der Waals surface area contributed by atoms with Gasteiger partial charge in [-0.3, -0.25) is 4.90 Å². The van der Waals surface area contributed by atoms with E-state index in [1.165, 1.54) is 0 Å². The lowest BCUT2D eigenvalue weighted by atomic mass is 10.2. The Morgan fingerprint density at radius 1 is 1.00 bits per heavy atom. The summed E-state index contributed by atoms with van der Waals surface area (Å²) in [4.78, 5) is 4.75. The molecule has 1 aromatic carbocycles. The van der Waals surface area contributed by atoms with Gasteiger partial charge in [0.15, 0.2) is 11.5 Å². The highest BCUT2D eigenvalue weighted by Crippen LogP contribution is 2.40. The number of likely N-dealkylation sites (N-methyl/N-ethyl adjacent to an activating group) is 1. The van der Waals surface area contributed by atoms with Crippen LogP contribution in [0.15, 0.2) is 12.1 Å². The van der Waals surface area contributed by atoms with Gasteiger partial charge in [0.05, 0.1) is 34.5 Å². The Kier molecular flexibility index (Phi) is 10.1. The van der Waals surface area contributed by atoms with Gasteiger partial charge < -0.3 is 23.8 Å². The molecule has 0 aromatic heterocycles. The smallest absolute Gasteiger partial charge is 0.203 e. The summed E-state index contributed by atoms with van der Waals surface area (Å²) in [5.74, 6) is 2.00. The number of methoxy groups -OCH3 is 3. The fourth-order valence-corrected chi connectivity index (χ4v) is 2.81. The number of anilines is 1.